The molecule has 0 rings (SSSR count). The Balaban J connectivity index is 3.12. The van der Waals surface area contributed by atoms with Gasteiger partial charge in [0.25, 0.3) is 0 Å². The van der Waals surface area contributed by atoms with Crippen LogP contribution in [0.3, 0.4) is 0 Å². The average molecular weight is 267 g/mol. The van der Waals surface area contributed by atoms with Crippen LogP contribution in [0.1, 0.15) is 12.8 Å². The first-order valence-electron chi connectivity index (χ1n) is 5.39. The molecule has 6 heteroatoms. The fourth-order valence-corrected chi connectivity index (χ4v) is 2.00. The summed E-state index contributed by atoms with van der Waals surface area (Å²) in [5.41, 5.74) is 0. The minimum Gasteiger partial charge on any atom is -0.449 e. The molecule has 96 valence electrons. The molecular formula is C10H21NO3S2. The van der Waals surface area contributed by atoms with E-state index in [1.807, 2.05) is 11.8 Å². The van der Waals surface area contributed by atoms with Crippen molar-refractivity contribution < 1.29 is 14.6 Å². The lowest BCUT2D eigenvalue weighted by Gasteiger charge is -2.06. The number of carbonyl (C=O) groups excluding carboxylic acids is 1. The van der Waals surface area contributed by atoms with Crippen LogP contribution in [0.4, 0.5) is 4.79 Å². The molecule has 0 atom stereocenters. The van der Waals surface area contributed by atoms with Gasteiger partial charge in [-0.3, -0.25) is 0 Å². The molecule has 0 saturated carbocycles. The first-order valence-corrected chi connectivity index (χ1v) is 7.94. The normalized spacial score (nSPS) is 10.1. The Bertz CT molecular complexity index is 154. The highest BCUT2D eigenvalue weighted by atomic mass is 32.2. The quantitative estimate of drug-likeness (QED) is 0.589. The number of rotatable bonds is 10. The molecule has 0 spiro atoms. The molecule has 0 aliphatic carbocycles. The maximum absolute atomic E-state index is 11.1. The van der Waals surface area contributed by atoms with Crippen LogP contribution in [0.25, 0.3) is 0 Å². The van der Waals surface area contributed by atoms with Crippen LogP contribution in [-0.4, -0.2) is 54.5 Å². The molecular weight excluding hydrogens is 246 g/mol. The Hall–Kier alpha value is -0.0700. The third-order valence-corrected chi connectivity index (χ3v) is 3.36. The number of aliphatic hydroxyl groups is 1. The molecule has 0 aliphatic heterocycles. The van der Waals surface area contributed by atoms with E-state index >= 15 is 0 Å². The molecule has 0 aliphatic rings. The van der Waals surface area contributed by atoms with E-state index in [9.17, 15) is 4.79 Å². The van der Waals surface area contributed by atoms with Crippen LogP contribution in [0.2, 0.25) is 0 Å². The van der Waals surface area contributed by atoms with E-state index in [-0.39, 0.29) is 12.7 Å². The Kier molecular flexibility index (Phi) is 12.9. The number of alkyl carbamates (subject to hydrolysis) is 1. The van der Waals surface area contributed by atoms with Gasteiger partial charge in [-0.1, -0.05) is 0 Å². The smallest absolute Gasteiger partial charge is 0.407 e. The van der Waals surface area contributed by atoms with Gasteiger partial charge in [-0.2, -0.15) is 23.5 Å². The molecule has 0 aromatic carbocycles. The topological polar surface area (TPSA) is 58.6 Å². The highest BCUT2D eigenvalue weighted by Crippen LogP contribution is 1.99. The van der Waals surface area contributed by atoms with E-state index < -0.39 is 0 Å². The molecule has 1 amide bonds. The Morgan fingerprint density at radius 3 is 2.81 bits per heavy atom. The van der Waals surface area contributed by atoms with Crippen LogP contribution in [0.15, 0.2) is 0 Å². The summed E-state index contributed by atoms with van der Waals surface area (Å²) in [6.45, 7) is 1.26. The van der Waals surface area contributed by atoms with E-state index in [4.69, 9.17) is 9.84 Å². The van der Waals surface area contributed by atoms with E-state index in [1.165, 1.54) is 0 Å². The van der Waals surface area contributed by atoms with Gasteiger partial charge in [-0.15, -0.1) is 0 Å². The van der Waals surface area contributed by atoms with Gasteiger partial charge in [0.05, 0.1) is 6.61 Å². The van der Waals surface area contributed by atoms with Gasteiger partial charge in [0.15, 0.2) is 0 Å². The zero-order chi connectivity index (χ0) is 12.1. The Morgan fingerprint density at radius 1 is 1.31 bits per heavy atom. The second-order valence-corrected chi connectivity index (χ2v) is 5.31. The largest absolute Gasteiger partial charge is 0.449 e. The standard InChI is InChI=1S/C10H21NO3S2/c1-15-7-3-2-4-11-10(13)14-6-9-16-8-5-12/h12H,2-9H2,1H3,(H,11,13). The van der Waals surface area contributed by atoms with E-state index in [0.717, 1.165) is 24.3 Å². The summed E-state index contributed by atoms with van der Waals surface area (Å²) >= 11 is 3.39. The van der Waals surface area contributed by atoms with Gasteiger partial charge >= 0.3 is 6.09 Å². The predicted octanol–water partition coefficient (Wildman–Crippen LogP) is 1.58. The lowest BCUT2D eigenvalue weighted by Crippen LogP contribution is -2.26. The van der Waals surface area contributed by atoms with Crippen molar-refractivity contribution in [1.29, 1.82) is 0 Å². The fraction of sp³-hybridized carbons (Fsp3) is 0.900. The van der Waals surface area contributed by atoms with Crippen molar-refractivity contribution >= 4 is 29.6 Å². The second-order valence-electron chi connectivity index (χ2n) is 3.10. The monoisotopic (exact) mass is 267 g/mol. The summed E-state index contributed by atoms with van der Waals surface area (Å²) in [4.78, 5) is 11.1. The van der Waals surface area contributed by atoms with Crippen molar-refractivity contribution in [3.63, 3.8) is 0 Å². The van der Waals surface area contributed by atoms with Crippen molar-refractivity contribution in [2.45, 2.75) is 12.8 Å². The van der Waals surface area contributed by atoms with Crippen LogP contribution in [0, 0.1) is 0 Å². The minimum absolute atomic E-state index is 0.173. The van der Waals surface area contributed by atoms with E-state index in [2.05, 4.69) is 11.6 Å². The molecule has 0 bridgehead atoms. The SMILES string of the molecule is CSCCCCNC(=O)OCCSCCO. The van der Waals surface area contributed by atoms with Gasteiger partial charge in [-0.05, 0) is 24.9 Å². The molecule has 0 saturated heterocycles. The molecule has 2 N–H and O–H groups in total. The summed E-state index contributed by atoms with van der Waals surface area (Å²) in [6, 6.07) is 0. The number of aliphatic hydroxyl groups excluding tert-OH is 1. The third kappa shape index (κ3) is 12.0. The lowest BCUT2D eigenvalue weighted by molar-refractivity contribution is 0.153. The molecule has 0 fully saturated rings. The van der Waals surface area contributed by atoms with Crippen molar-refractivity contribution in [2.75, 3.05) is 43.3 Å². The van der Waals surface area contributed by atoms with Crippen LogP contribution in [0.5, 0.6) is 0 Å². The lowest BCUT2D eigenvalue weighted by atomic mass is 10.3. The maximum Gasteiger partial charge on any atom is 0.407 e. The molecule has 0 unspecified atom stereocenters. The number of hydrogen-bond donors (Lipinski definition) is 2. The van der Waals surface area contributed by atoms with Gasteiger partial charge in [0.1, 0.15) is 6.61 Å². The van der Waals surface area contributed by atoms with E-state index in [1.54, 1.807) is 11.8 Å². The molecule has 16 heavy (non-hydrogen) atoms. The van der Waals surface area contributed by atoms with Crippen LogP contribution in [-0.2, 0) is 4.74 Å². The first-order chi connectivity index (χ1) is 7.81. The summed E-state index contributed by atoms with van der Waals surface area (Å²) in [7, 11) is 0. The van der Waals surface area contributed by atoms with Gasteiger partial charge in [0, 0.05) is 18.1 Å². The van der Waals surface area contributed by atoms with Crippen LogP contribution < -0.4 is 5.32 Å². The van der Waals surface area contributed by atoms with Crippen LogP contribution >= 0.6 is 23.5 Å². The summed E-state index contributed by atoms with van der Waals surface area (Å²) < 4.78 is 4.94. The van der Waals surface area contributed by atoms with Crippen molar-refractivity contribution in [1.82, 2.24) is 5.32 Å². The molecule has 0 radical (unpaired) electrons. The molecule has 0 aromatic heterocycles. The average Bonchev–Trinajstić information content (AvgIpc) is 2.28. The van der Waals surface area contributed by atoms with Gasteiger partial charge in [0.2, 0.25) is 0 Å². The summed E-state index contributed by atoms with van der Waals surface area (Å²) in [5.74, 6) is 2.56. The zero-order valence-electron chi connectivity index (χ0n) is 9.74. The Morgan fingerprint density at radius 2 is 2.12 bits per heavy atom. The molecule has 4 nitrogen and oxygen atoms in total. The van der Waals surface area contributed by atoms with Crippen molar-refractivity contribution in [3.05, 3.63) is 0 Å². The number of amides is 1. The third-order valence-electron chi connectivity index (χ3n) is 1.74. The van der Waals surface area contributed by atoms with E-state index in [0.29, 0.717) is 18.9 Å². The minimum atomic E-state index is -0.339. The number of unbranched alkanes of at least 4 members (excludes halogenated alkanes) is 1. The highest BCUT2D eigenvalue weighted by Gasteiger charge is 2.00. The summed E-state index contributed by atoms with van der Waals surface area (Å²) in [6.07, 6.45) is 3.85. The van der Waals surface area contributed by atoms with Crippen molar-refractivity contribution in [3.8, 4) is 0 Å². The maximum atomic E-state index is 11.1. The highest BCUT2D eigenvalue weighted by molar-refractivity contribution is 7.99. The zero-order valence-corrected chi connectivity index (χ0v) is 11.4. The van der Waals surface area contributed by atoms with Gasteiger partial charge in [-0.25, -0.2) is 4.79 Å². The number of thioether (sulfide) groups is 2. The second kappa shape index (κ2) is 13.0. The first kappa shape index (κ1) is 15.9. The Labute approximate surface area is 106 Å². The number of hydrogen-bond acceptors (Lipinski definition) is 5. The number of ether oxygens (including phenoxy) is 1. The summed E-state index contributed by atoms with van der Waals surface area (Å²) in [5, 5.41) is 11.2. The molecule has 0 aromatic rings. The van der Waals surface area contributed by atoms with Gasteiger partial charge < -0.3 is 15.2 Å². The number of nitrogens with one attached hydrogen (secondary N) is 1. The predicted molar refractivity (Wildman–Crippen MR) is 71.4 cm³/mol. The van der Waals surface area contributed by atoms with Crippen molar-refractivity contribution in [2.24, 2.45) is 0 Å². The molecule has 0 heterocycles. The number of carbonyl (C=O) groups is 1. The fourth-order valence-electron chi connectivity index (χ4n) is 0.973.